The van der Waals surface area contributed by atoms with Gasteiger partial charge in [-0.25, -0.2) is 0 Å². The van der Waals surface area contributed by atoms with E-state index in [2.05, 4.69) is 6.92 Å². The minimum atomic E-state index is -0.504. The minimum Gasteiger partial charge on any atom is -0.485 e. The number of carbonyl (C=O) groups is 1. The second-order valence-electron chi connectivity index (χ2n) is 5.59. The second-order valence-corrected chi connectivity index (χ2v) is 5.59. The maximum atomic E-state index is 12.6. The molecule has 20 heavy (non-hydrogen) atoms. The van der Waals surface area contributed by atoms with Crippen molar-refractivity contribution in [3.05, 3.63) is 24.3 Å². The smallest absolute Gasteiger partial charge is 0.267 e. The van der Waals surface area contributed by atoms with E-state index in [9.17, 15) is 4.79 Å². The molecule has 1 aromatic rings. The van der Waals surface area contributed by atoms with Crippen LogP contribution < -0.4 is 9.47 Å². The zero-order chi connectivity index (χ0) is 13.9. The molecule has 0 aromatic heterocycles. The van der Waals surface area contributed by atoms with Gasteiger partial charge in [-0.15, -0.1) is 0 Å². The number of amides is 1. The van der Waals surface area contributed by atoms with Crippen LogP contribution in [-0.2, 0) is 4.79 Å². The Balaban J connectivity index is 1.67. The van der Waals surface area contributed by atoms with Crippen LogP contribution in [0.3, 0.4) is 0 Å². The van der Waals surface area contributed by atoms with Gasteiger partial charge < -0.3 is 14.4 Å². The Morgan fingerprint density at radius 2 is 2.05 bits per heavy atom. The van der Waals surface area contributed by atoms with E-state index in [1.165, 1.54) is 12.8 Å². The molecule has 1 aromatic carbocycles. The molecule has 1 aliphatic carbocycles. The SMILES string of the molecule is CCCN(CC1CC1)C(=O)C1COc2ccccc2O1. The Bertz CT molecular complexity index is 484. The van der Waals surface area contributed by atoms with Crippen molar-refractivity contribution in [3.63, 3.8) is 0 Å². The molecule has 0 saturated heterocycles. The molecule has 1 atom stereocenters. The van der Waals surface area contributed by atoms with E-state index in [0.717, 1.165) is 25.3 Å². The molecule has 0 bridgehead atoms. The van der Waals surface area contributed by atoms with Crippen LogP contribution in [0.25, 0.3) is 0 Å². The fourth-order valence-corrected chi connectivity index (χ4v) is 2.52. The van der Waals surface area contributed by atoms with Gasteiger partial charge in [-0.1, -0.05) is 19.1 Å². The molecular weight excluding hydrogens is 254 g/mol. The molecule has 1 heterocycles. The van der Waals surface area contributed by atoms with Crippen LogP contribution in [-0.4, -0.2) is 36.6 Å². The molecule has 0 radical (unpaired) electrons. The van der Waals surface area contributed by atoms with Crippen molar-refractivity contribution >= 4 is 5.91 Å². The van der Waals surface area contributed by atoms with E-state index in [4.69, 9.17) is 9.47 Å². The largest absolute Gasteiger partial charge is 0.485 e. The summed E-state index contributed by atoms with van der Waals surface area (Å²) in [6, 6.07) is 7.51. The number of nitrogens with zero attached hydrogens (tertiary/aromatic N) is 1. The van der Waals surface area contributed by atoms with Gasteiger partial charge in [0.15, 0.2) is 11.5 Å². The lowest BCUT2D eigenvalue weighted by Gasteiger charge is -2.30. The highest BCUT2D eigenvalue weighted by Crippen LogP contribution is 2.33. The summed E-state index contributed by atoms with van der Waals surface area (Å²) in [4.78, 5) is 14.5. The standard InChI is InChI=1S/C16H21NO3/c1-2-9-17(10-12-7-8-12)16(18)15-11-19-13-5-3-4-6-14(13)20-15/h3-6,12,15H,2,7-11H2,1H3. The van der Waals surface area contributed by atoms with Gasteiger partial charge in [0, 0.05) is 13.1 Å². The van der Waals surface area contributed by atoms with Crippen LogP contribution in [0.5, 0.6) is 11.5 Å². The fraction of sp³-hybridized carbons (Fsp3) is 0.562. The molecular formula is C16H21NO3. The summed E-state index contributed by atoms with van der Waals surface area (Å²) in [6.45, 7) is 4.08. The molecule has 4 heteroatoms. The molecule has 2 aliphatic rings. The highest BCUT2D eigenvalue weighted by molar-refractivity contribution is 5.82. The van der Waals surface area contributed by atoms with Crippen molar-refractivity contribution in [1.29, 1.82) is 0 Å². The number of fused-ring (bicyclic) bond motifs is 1. The lowest BCUT2D eigenvalue weighted by Crippen LogP contribution is -2.47. The third-order valence-corrected chi connectivity index (χ3v) is 3.76. The Morgan fingerprint density at radius 3 is 2.75 bits per heavy atom. The number of benzene rings is 1. The number of rotatable bonds is 5. The first-order chi connectivity index (χ1) is 9.78. The summed E-state index contributed by atoms with van der Waals surface area (Å²) >= 11 is 0. The summed E-state index contributed by atoms with van der Waals surface area (Å²) in [5.74, 6) is 2.15. The average molecular weight is 275 g/mol. The van der Waals surface area contributed by atoms with Gasteiger partial charge in [-0.2, -0.15) is 0 Å². The number of hydrogen-bond donors (Lipinski definition) is 0. The highest BCUT2D eigenvalue weighted by Gasteiger charge is 2.33. The molecule has 1 amide bonds. The molecule has 0 N–H and O–H groups in total. The first kappa shape index (κ1) is 13.3. The molecule has 3 rings (SSSR count). The Labute approximate surface area is 119 Å². The van der Waals surface area contributed by atoms with Crippen molar-refractivity contribution in [1.82, 2.24) is 4.90 Å². The van der Waals surface area contributed by atoms with Crippen LogP contribution in [0.4, 0.5) is 0 Å². The van der Waals surface area contributed by atoms with Gasteiger partial charge in [0.05, 0.1) is 0 Å². The number of para-hydroxylation sites is 2. The number of hydrogen-bond acceptors (Lipinski definition) is 3. The third-order valence-electron chi connectivity index (χ3n) is 3.76. The topological polar surface area (TPSA) is 38.8 Å². The summed E-state index contributed by atoms with van der Waals surface area (Å²) < 4.78 is 11.4. The Kier molecular flexibility index (Phi) is 3.81. The van der Waals surface area contributed by atoms with Gasteiger partial charge in [-0.05, 0) is 37.3 Å². The monoisotopic (exact) mass is 275 g/mol. The van der Waals surface area contributed by atoms with E-state index in [-0.39, 0.29) is 5.91 Å². The normalized spacial score (nSPS) is 20.6. The minimum absolute atomic E-state index is 0.0632. The van der Waals surface area contributed by atoms with Crippen molar-refractivity contribution in [2.45, 2.75) is 32.3 Å². The third kappa shape index (κ3) is 2.89. The quantitative estimate of drug-likeness (QED) is 0.828. The fourth-order valence-electron chi connectivity index (χ4n) is 2.52. The predicted molar refractivity (Wildman–Crippen MR) is 75.9 cm³/mol. The maximum Gasteiger partial charge on any atom is 0.267 e. The van der Waals surface area contributed by atoms with Gasteiger partial charge in [0.1, 0.15) is 6.61 Å². The van der Waals surface area contributed by atoms with E-state index < -0.39 is 6.10 Å². The maximum absolute atomic E-state index is 12.6. The van der Waals surface area contributed by atoms with Crippen molar-refractivity contribution in [2.24, 2.45) is 5.92 Å². The molecule has 1 fully saturated rings. The highest BCUT2D eigenvalue weighted by atomic mass is 16.6. The van der Waals surface area contributed by atoms with Crippen LogP contribution >= 0.6 is 0 Å². The molecule has 0 spiro atoms. The van der Waals surface area contributed by atoms with Gasteiger partial charge in [0.25, 0.3) is 5.91 Å². The first-order valence-electron chi connectivity index (χ1n) is 7.45. The van der Waals surface area contributed by atoms with Gasteiger partial charge in [0.2, 0.25) is 6.10 Å². The lowest BCUT2D eigenvalue weighted by molar-refractivity contribution is -0.141. The van der Waals surface area contributed by atoms with E-state index in [1.807, 2.05) is 29.2 Å². The van der Waals surface area contributed by atoms with E-state index in [1.54, 1.807) is 0 Å². The van der Waals surface area contributed by atoms with Crippen LogP contribution in [0.15, 0.2) is 24.3 Å². The molecule has 1 unspecified atom stereocenters. The summed E-state index contributed by atoms with van der Waals surface area (Å²) in [7, 11) is 0. The van der Waals surface area contributed by atoms with Crippen LogP contribution in [0.2, 0.25) is 0 Å². The zero-order valence-corrected chi connectivity index (χ0v) is 11.9. The average Bonchev–Trinajstić information content (AvgIpc) is 3.29. The second kappa shape index (κ2) is 5.73. The molecule has 4 nitrogen and oxygen atoms in total. The van der Waals surface area contributed by atoms with E-state index >= 15 is 0 Å². The first-order valence-corrected chi connectivity index (χ1v) is 7.45. The number of carbonyl (C=O) groups excluding carboxylic acids is 1. The summed E-state index contributed by atoms with van der Waals surface area (Å²) in [6.07, 6.45) is 2.97. The van der Waals surface area contributed by atoms with Crippen molar-refractivity contribution in [2.75, 3.05) is 19.7 Å². The van der Waals surface area contributed by atoms with Crippen molar-refractivity contribution < 1.29 is 14.3 Å². The van der Waals surface area contributed by atoms with Gasteiger partial charge in [-0.3, -0.25) is 4.79 Å². The molecule has 1 aliphatic heterocycles. The Hall–Kier alpha value is -1.71. The Morgan fingerprint density at radius 1 is 1.30 bits per heavy atom. The summed E-state index contributed by atoms with van der Waals surface area (Å²) in [5, 5.41) is 0. The van der Waals surface area contributed by atoms with Crippen LogP contribution in [0.1, 0.15) is 26.2 Å². The van der Waals surface area contributed by atoms with E-state index in [0.29, 0.717) is 18.3 Å². The zero-order valence-electron chi connectivity index (χ0n) is 11.9. The number of ether oxygens (including phenoxy) is 2. The van der Waals surface area contributed by atoms with Crippen LogP contribution in [0, 0.1) is 5.92 Å². The van der Waals surface area contributed by atoms with Gasteiger partial charge >= 0.3 is 0 Å². The summed E-state index contributed by atoms with van der Waals surface area (Å²) in [5.41, 5.74) is 0. The molecule has 1 saturated carbocycles. The predicted octanol–water partition coefficient (Wildman–Crippen LogP) is 2.48. The lowest BCUT2D eigenvalue weighted by atomic mass is 10.2. The van der Waals surface area contributed by atoms with Crippen molar-refractivity contribution in [3.8, 4) is 11.5 Å². The molecule has 108 valence electrons.